The quantitative estimate of drug-likeness (QED) is 0.558. The van der Waals surface area contributed by atoms with Crippen molar-refractivity contribution in [3.8, 4) is 0 Å². The summed E-state index contributed by atoms with van der Waals surface area (Å²) in [5.41, 5.74) is 1.34. The molecule has 0 aliphatic carbocycles. The van der Waals surface area contributed by atoms with Gasteiger partial charge in [-0.3, -0.25) is 4.79 Å². The Labute approximate surface area is 104 Å². The van der Waals surface area contributed by atoms with E-state index < -0.39 is 0 Å². The minimum absolute atomic E-state index is 0.141. The monoisotopic (exact) mass is 234 g/mol. The van der Waals surface area contributed by atoms with Crippen molar-refractivity contribution in [2.75, 3.05) is 0 Å². The summed E-state index contributed by atoms with van der Waals surface area (Å²) >= 11 is 0. The van der Waals surface area contributed by atoms with Crippen molar-refractivity contribution >= 4 is 5.78 Å². The lowest BCUT2D eigenvalue weighted by Gasteiger charge is -2.09. The van der Waals surface area contributed by atoms with Crippen molar-refractivity contribution in [2.45, 2.75) is 40.0 Å². The van der Waals surface area contributed by atoms with Gasteiger partial charge in [-0.2, -0.15) is 0 Å². The predicted molar refractivity (Wildman–Crippen MR) is 70.0 cm³/mol. The van der Waals surface area contributed by atoms with Gasteiger partial charge < -0.3 is 4.57 Å². The summed E-state index contributed by atoms with van der Waals surface area (Å²) in [5.74, 6) is 1.12. The van der Waals surface area contributed by atoms with Gasteiger partial charge in [0.1, 0.15) is 0 Å². The standard InChI is InChI=1S/C14H22N2O/c1-11(2)6-5-7-12(3)10-13(17)14-15-8-9-16(14)4/h6,8-9,12H,5,7,10H2,1-4H3. The van der Waals surface area contributed by atoms with Crippen LogP contribution in [0.15, 0.2) is 24.0 Å². The van der Waals surface area contributed by atoms with Crippen molar-refractivity contribution < 1.29 is 4.79 Å². The van der Waals surface area contributed by atoms with Crippen molar-refractivity contribution in [3.63, 3.8) is 0 Å². The number of aryl methyl sites for hydroxylation is 1. The average molecular weight is 234 g/mol. The van der Waals surface area contributed by atoms with Crippen LogP contribution in [0.5, 0.6) is 0 Å². The molecule has 1 aromatic heterocycles. The highest BCUT2D eigenvalue weighted by atomic mass is 16.1. The zero-order valence-electron chi connectivity index (χ0n) is 11.2. The van der Waals surface area contributed by atoms with Gasteiger partial charge in [-0.25, -0.2) is 4.98 Å². The van der Waals surface area contributed by atoms with Crippen LogP contribution in [0.2, 0.25) is 0 Å². The molecule has 0 aliphatic rings. The lowest BCUT2D eigenvalue weighted by atomic mass is 9.98. The molecule has 94 valence electrons. The van der Waals surface area contributed by atoms with Gasteiger partial charge in [-0.1, -0.05) is 18.6 Å². The number of ketones is 1. The van der Waals surface area contributed by atoms with Gasteiger partial charge in [0.2, 0.25) is 0 Å². The third kappa shape index (κ3) is 4.55. The first-order valence-corrected chi connectivity index (χ1v) is 6.14. The lowest BCUT2D eigenvalue weighted by Crippen LogP contribution is -2.11. The normalized spacial score (nSPS) is 12.2. The first-order chi connectivity index (χ1) is 8.00. The van der Waals surface area contributed by atoms with E-state index in [1.807, 2.05) is 7.05 Å². The minimum atomic E-state index is 0.141. The van der Waals surface area contributed by atoms with E-state index in [2.05, 4.69) is 31.8 Å². The Bertz CT molecular complexity index is 400. The Morgan fingerprint density at radius 1 is 1.53 bits per heavy atom. The molecule has 3 heteroatoms. The van der Waals surface area contributed by atoms with E-state index >= 15 is 0 Å². The molecule has 0 amide bonds. The summed E-state index contributed by atoms with van der Waals surface area (Å²) in [6.45, 7) is 6.33. The fraction of sp³-hybridized carbons (Fsp3) is 0.571. The van der Waals surface area contributed by atoms with Gasteiger partial charge in [-0.05, 0) is 32.6 Å². The minimum Gasteiger partial charge on any atom is -0.332 e. The van der Waals surface area contributed by atoms with E-state index in [4.69, 9.17) is 0 Å². The third-order valence-corrected chi connectivity index (χ3v) is 2.82. The van der Waals surface area contributed by atoms with E-state index in [0.29, 0.717) is 18.2 Å². The molecule has 1 aromatic rings. The number of nitrogens with zero attached hydrogens (tertiary/aromatic N) is 2. The number of carbonyl (C=O) groups excluding carboxylic acids is 1. The van der Waals surface area contributed by atoms with Gasteiger partial charge in [0.05, 0.1) is 0 Å². The summed E-state index contributed by atoms with van der Waals surface area (Å²) < 4.78 is 1.78. The fourth-order valence-electron chi connectivity index (χ4n) is 1.80. The SMILES string of the molecule is CC(C)=CCCC(C)CC(=O)c1nccn1C. The second-order valence-electron chi connectivity index (χ2n) is 4.95. The summed E-state index contributed by atoms with van der Waals surface area (Å²) in [6, 6.07) is 0. The maximum Gasteiger partial charge on any atom is 0.198 e. The number of carbonyl (C=O) groups is 1. The van der Waals surface area contributed by atoms with Gasteiger partial charge in [0, 0.05) is 25.9 Å². The maximum atomic E-state index is 11.9. The third-order valence-electron chi connectivity index (χ3n) is 2.82. The molecule has 0 aliphatic heterocycles. The zero-order valence-corrected chi connectivity index (χ0v) is 11.2. The van der Waals surface area contributed by atoms with Crippen molar-refractivity contribution in [1.82, 2.24) is 9.55 Å². The smallest absolute Gasteiger partial charge is 0.198 e. The molecule has 0 fully saturated rings. The van der Waals surface area contributed by atoms with E-state index in [9.17, 15) is 4.79 Å². The van der Waals surface area contributed by atoms with Crippen molar-refractivity contribution in [1.29, 1.82) is 0 Å². The molecule has 0 radical (unpaired) electrons. The first kappa shape index (κ1) is 13.7. The van der Waals surface area contributed by atoms with Crippen molar-refractivity contribution in [3.05, 3.63) is 29.9 Å². The molecule has 1 atom stereocenters. The molecular formula is C14H22N2O. The molecule has 0 saturated carbocycles. The molecule has 1 heterocycles. The van der Waals surface area contributed by atoms with Crippen LogP contribution in [0, 0.1) is 5.92 Å². The summed E-state index contributed by atoms with van der Waals surface area (Å²) in [4.78, 5) is 16.0. The number of Topliss-reactive ketones (excluding diaryl/α,β-unsaturated/α-hetero) is 1. The van der Waals surface area contributed by atoms with Gasteiger partial charge in [0.25, 0.3) is 0 Å². The van der Waals surface area contributed by atoms with E-state index in [0.717, 1.165) is 12.8 Å². The van der Waals surface area contributed by atoms with Crippen LogP contribution in [0.3, 0.4) is 0 Å². The van der Waals surface area contributed by atoms with Crippen LogP contribution < -0.4 is 0 Å². The molecule has 17 heavy (non-hydrogen) atoms. The molecule has 0 spiro atoms. The van der Waals surface area contributed by atoms with Crippen LogP contribution >= 0.6 is 0 Å². The Hall–Kier alpha value is -1.38. The number of rotatable bonds is 6. The number of hydrogen-bond acceptors (Lipinski definition) is 2. The number of imidazole rings is 1. The fourth-order valence-corrected chi connectivity index (χ4v) is 1.80. The number of allylic oxidation sites excluding steroid dienone is 2. The number of aromatic nitrogens is 2. The molecule has 0 N–H and O–H groups in total. The Morgan fingerprint density at radius 3 is 2.76 bits per heavy atom. The second-order valence-corrected chi connectivity index (χ2v) is 4.95. The van der Waals surface area contributed by atoms with Crippen LogP contribution in [-0.2, 0) is 7.05 Å². The highest BCUT2D eigenvalue weighted by Gasteiger charge is 2.14. The Kier molecular flexibility index (Phi) is 5.13. The molecule has 1 rings (SSSR count). The topological polar surface area (TPSA) is 34.9 Å². The predicted octanol–water partition coefficient (Wildman–Crippen LogP) is 3.38. The first-order valence-electron chi connectivity index (χ1n) is 6.14. The molecular weight excluding hydrogens is 212 g/mol. The largest absolute Gasteiger partial charge is 0.332 e. The highest BCUT2D eigenvalue weighted by molar-refractivity contribution is 5.92. The maximum absolute atomic E-state index is 11.9. The number of hydrogen-bond donors (Lipinski definition) is 0. The second kappa shape index (κ2) is 6.38. The zero-order chi connectivity index (χ0) is 12.8. The Balaban J connectivity index is 2.41. The average Bonchev–Trinajstić information content (AvgIpc) is 2.63. The van der Waals surface area contributed by atoms with E-state index in [1.54, 1.807) is 17.0 Å². The Morgan fingerprint density at radius 2 is 2.24 bits per heavy atom. The molecule has 0 bridgehead atoms. The molecule has 3 nitrogen and oxygen atoms in total. The molecule has 1 unspecified atom stereocenters. The van der Waals surface area contributed by atoms with Gasteiger partial charge >= 0.3 is 0 Å². The van der Waals surface area contributed by atoms with Crippen molar-refractivity contribution in [2.24, 2.45) is 13.0 Å². The summed E-state index contributed by atoms with van der Waals surface area (Å²) in [5, 5.41) is 0. The van der Waals surface area contributed by atoms with E-state index in [-0.39, 0.29) is 5.78 Å². The van der Waals surface area contributed by atoms with Crippen LogP contribution in [-0.4, -0.2) is 15.3 Å². The highest BCUT2D eigenvalue weighted by Crippen LogP contribution is 2.14. The van der Waals surface area contributed by atoms with E-state index in [1.165, 1.54) is 5.57 Å². The lowest BCUT2D eigenvalue weighted by molar-refractivity contribution is 0.0949. The summed E-state index contributed by atoms with van der Waals surface area (Å²) in [6.07, 6.45) is 8.39. The molecule has 0 saturated heterocycles. The van der Waals surface area contributed by atoms with Crippen LogP contribution in [0.4, 0.5) is 0 Å². The summed E-state index contributed by atoms with van der Waals surface area (Å²) in [7, 11) is 1.86. The van der Waals surface area contributed by atoms with Crippen LogP contribution in [0.25, 0.3) is 0 Å². The van der Waals surface area contributed by atoms with Gasteiger partial charge in [-0.15, -0.1) is 0 Å². The van der Waals surface area contributed by atoms with Crippen LogP contribution in [0.1, 0.15) is 50.7 Å². The van der Waals surface area contributed by atoms with Gasteiger partial charge in [0.15, 0.2) is 11.6 Å². The molecule has 0 aromatic carbocycles.